The summed E-state index contributed by atoms with van der Waals surface area (Å²) in [7, 11) is 0. The Morgan fingerprint density at radius 3 is 2.50 bits per heavy atom. The van der Waals surface area contributed by atoms with Gasteiger partial charge in [-0.05, 0) is 11.6 Å². The Labute approximate surface area is 167 Å². The van der Waals surface area contributed by atoms with Crippen LogP contribution in [-0.4, -0.2) is 62.9 Å². The van der Waals surface area contributed by atoms with Gasteiger partial charge in [0.25, 0.3) is 5.22 Å². The van der Waals surface area contributed by atoms with Gasteiger partial charge in [-0.2, -0.15) is 0 Å². The van der Waals surface area contributed by atoms with Gasteiger partial charge in [-0.25, -0.2) is 9.97 Å². The Hall–Kier alpha value is -2.94. The number of carbonyl (C=O) groups is 1. The maximum Gasteiger partial charge on any atom is 0.277 e. The van der Waals surface area contributed by atoms with Gasteiger partial charge in [0.05, 0.1) is 12.2 Å². The number of amides is 1. The Balaban J connectivity index is 1.24. The monoisotopic (exact) mass is 396 g/mol. The molecule has 1 aliphatic rings. The average molecular weight is 396 g/mol. The first-order chi connectivity index (χ1) is 13.8. The molecule has 144 valence electrons. The smallest absolute Gasteiger partial charge is 0.277 e. The summed E-state index contributed by atoms with van der Waals surface area (Å²) in [5, 5.41) is 8.52. The van der Waals surface area contributed by atoms with Crippen LogP contribution in [0, 0.1) is 0 Å². The first kappa shape index (κ1) is 18.4. The van der Waals surface area contributed by atoms with E-state index in [0.29, 0.717) is 36.6 Å². The van der Waals surface area contributed by atoms with Crippen molar-refractivity contribution in [3.63, 3.8) is 0 Å². The van der Waals surface area contributed by atoms with Gasteiger partial charge in [-0.1, -0.05) is 42.1 Å². The molecule has 0 unspecified atom stereocenters. The summed E-state index contributed by atoms with van der Waals surface area (Å²) in [5.74, 6) is 1.62. The largest absolute Gasteiger partial charge is 0.416 e. The number of benzene rings is 1. The van der Waals surface area contributed by atoms with E-state index in [0.717, 1.165) is 18.7 Å². The summed E-state index contributed by atoms with van der Waals surface area (Å²) in [4.78, 5) is 24.9. The summed E-state index contributed by atoms with van der Waals surface area (Å²) >= 11 is 1.28. The first-order valence-corrected chi connectivity index (χ1v) is 10.1. The molecule has 0 atom stereocenters. The maximum absolute atomic E-state index is 12.5. The van der Waals surface area contributed by atoms with Gasteiger partial charge in [-0.15, -0.1) is 10.2 Å². The van der Waals surface area contributed by atoms with Gasteiger partial charge in [0, 0.05) is 38.6 Å². The molecule has 9 heteroatoms. The van der Waals surface area contributed by atoms with Crippen molar-refractivity contribution >= 4 is 23.6 Å². The highest BCUT2D eigenvalue weighted by Gasteiger charge is 2.23. The summed E-state index contributed by atoms with van der Waals surface area (Å²) < 4.78 is 5.65. The van der Waals surface area contributed by atoms with E-state index >= 15 is 0 Å². The van der Waals surface area contributed by atoms with Gasteiger partial charge in [-0.3, -0.25) is 4.79 Å². The van der Waals surface area contributed by atoms with Crippen LogP contribution in [-0.2, 0) is 11.2 Å². The predicted molar refractivity (Wildman–Crippen MR) is 105 cm³/mol. The highest BCUT2D eigenvalue weighted by molar-refractivity contribution is 7.99. The fourth-order valence-electron chi connectivity index (χ4n) is 2.96. The summed E-state index contributed by atoms with van der Waals surface area (Å²) in [5.41, 5.74) is 1.11. The molecule has 0 saturated carbocycles. The van der Waals surface area contributed by atoms with Crippen molar-refractivity contribution < 1.29 is 9.21 Å². The molecule has 1 aliphatic heterocycles. The SMILES string of the molecule is O=C(CSc1nnc(Cc2ccccc2)o1)N1CCN(c2ncccn2)CC1. The van der Waals surface area contributed by atoms with Gasteiger partial charge >= 0.3 is 0 Å². The number of carbonyl (C=O) groups excluding carboxylic acids is 1. The van der Waals surface area contributed by atoms with E-state index in [1.165, 1.54) is 11.8 Å². The molecule has 8 nitrogen and oxygen atoms in total. The minimum absolute atomic E-state index is 0.0708. The number of rotatable bonds is 6. The molecule has 1 saturated heterocycles. The van der Waals surface area contributed by atoms with Crippen molar-refractivity contribution in [2.24, 2.45) is 0 Å². The van der Waals surface area contributed by atoms with Gasteiger partial charge < -0.3 is 14.2 Å². The molecule has 2 aromatic heterocycles. The average Bonchev–Trinajstić information content (AvgIpc) is 3.21. The second-order valence-corrected chi connectivity index (χ2v) is 7.26. The second kappa shape index (κ2) is 8.83. The first-order valence-electron chi connectivity index (χ1n) is 9.07. The van der Waals surface area contributed by atoms with Gasteiger partial charge in [0.1, 0.15) is 0 Å². The molecule has 0 aliphatic carbocycles. The number of thioether (sulfide) groups is 1. The minimum Gasteiger partial charge on any atom is -0.416 e. The highest BCUT2D eigenvalue weighted by Crippen LogP contribution is 2.19. The molecule has 0 N–H and O–H groups in total. The van der Waals surface area contributed by atoms with Crippen molar-refractivity contribution in [1.82, 2.24) is 25.1 Å². The molecular weight excluding hydrogens is 376 g/mol. The Kier molecular flexibility index (Phi) is 5.81. The lowest BCUT2D eigenvalue weighted by Gasteiger charge is -2.34. The summed E-state index contributed by atoms with van der Waals surface area (Å²) in [6.07, 6.45) is 4.05. The van der Waals surface area contributed by atoms with Gasteiger partial charge in [0.2, 0.25) is 17.7 Å². The standard InChI is InChI=1S/C19H20N6O2S/c26-17(24-9-11-25(12-10-24)18-20-7-4-8-21-18)14-28-19-23-22-16(27-19)13-15-5-2-1-3-6-15/h1-8H,9-14H2. The Bertz CT molecular complexity index is 897. The molecule has 0 bridgehead atoms. The van der Waals surface area contributed by atoms with Crippen LogP contribution in [0.3, 0.4) is 0 Å². The lowest BCUT2D eigenvalue weighted by atomic mass is 10.2. The number of nitrogens with zero attached hydrogens (tertiary/aromatic N) is 6. The zero-order chi connectivity index (χ0) is 19.2. The molecule has 3 aromatic rings. The Morgan fingerprint density at radius 2 is 1.75 bits per heavy atom. The van der Waals surface area contributed by atoms with E-state index < -0.39 is 0 Å². The van der Waals surface area contributed by atoms with Crippen molar-refractivity contribution in [2.75, 3.05) is 36.8 Å². The zero-order valence-corrected chi connectivity index (χ0v) is 16.1. The highest BCUT2D eigenvalue weighted by atomic mass is 32.2. The van der Waals surface area contributed by atoms with Crippen LogP contribution in [0.4, 0.5) is 5.95 Å². The third-order valence-electron chi connectivity index (χ3n) is 4.43. The number of hydrogen-bond donors (Lipinski definition) is 0. The maximum atomic E-state index is 12.5. The van der Waals surface area contributed by atoms with Crippen molar-refractivity contribution in [3.05, 3.63) is 60.2 Å². The summed E-state index contributed by atoms with van der Waals surface area (Å²) in [6.45, 7) is 2.76. The molecule has 3 heterocycles. The minimum atomic E-state index is 0.0708. The van der Waals surface area contributed by atoms with Crippen molar-refractivity contribution in [3.8, 4) is 0 Å². The van der Waals surface area contributed by atoms with E-state index in [4.69, 9.17) is 4.42 Å². The van der Waals surface area contributed by atoms with Crippen LogP contribution < -0.4 is 4.90 Å². The molecule has 0 spiro atoms. The van der Waals surface area contributed by atoms with E-state index in [-0.39, 0.29) is 11.7 Å². The molecule has 1 amide bonds. The predicted octanol–water partition coefficient (Wildman–Crippen LogP) is 1.89. The molecule has 1 aromatic carbocycles. The van der Waals surface area contributed by atoms with E-state index in [2.05, 4.69) is 25.1 Å². The second-order valence-electron chi connectivity index (χ2n) is 6.33. The van der Waals surface area contributed by atoms with E-state index in [1.807, 2.05) is 35.2 Å². The normalized spacial score (nSPS) is 14.3. The van der Waals surface area contributed by atoms with Crippen LogP contribution >= 0.6 is 11.8 Å². The topological polar surface area (TPSA) is 88.3 Å². The molecule has 4 rings (SSSR count). The van der Waals surface area contributed by atoms with E-state index in [9.17, 15) is 4.79 Å². The van der Waals surface area contributed by atoms with Crippen molar-refractivity contribution in [2.45, 2.75) is 11.6 Å². The lowest BCUT2D eigenvalue weighted by Crippen LogP contribution is -2.49. The van der Waals surface area contributed by atoms with Gasteiger partial charge in [0.15, 0.2) is 0 Å². The number of anilines is 1. The third kappa shape index (κ3) is 4.66. The molecule has 1 fully saturated rings. The quantitative estimate of drug-likeness (QED) is 0.584. The Morgan fingerprint density at radius 1 is 1.00 bits per heavy atom. The van der Waals surface area contributed by atoms with E-state index in [1.54, 1.807) is 18.5 Å². The lowest BCUT2D eigenvalue weighted by molar-refractivity contribution is -0.128. The molecule has 28 heavy (non-hydrogen) atoms. The van der Waals surface area contributed by atoms with Crippen LogP contribution in [0.5, 0.6) is 0 Å². The van der Waals surface area contributed by atoms with Crippen LogP contribution in [0.25, 0.3) is 0 Å². The van der Waals surface area contributed by atoms with Crippen molar-refractivity contribution in [1.29, 1.82) is 0 Å². The molecule has 0 radical (unpaired) electrons. The third-order valence-corrected chi connectivity index (χ3v) is 5.24. The summed E-state index contributed by atoms with van der Waals surface area (Å²) in [6, 6.07) is 11.7. The van der Waals surface area contributed by atoms with Crippen LogP contribution in [0.1, 0.15) is 11.5 Å². The van der Waals surface area contributed by atoms with Crippen LogP contribution in [0.15, 0.2) is 58.4 Å². The molecular formula is C19H20N6O2S. The number of hydrogen-bond acceptors (Lipinski definition) is 8. The fourth-order valence-corrected chi connectivity index (χ4v) is 3.65. The fraction of sp³-hybridized carbons (Fsp3) is 0.316. The number of piperazine rings is 1. The zero-order valence-electron chi connectivity index (χ0n) is 15.3. The van der Waals surface area contributed by atoms with Crippen LogP contribution in [0.2, 0.25) is 0 Å². The number of aromatic nitrogens is 4.